The minimum Gasteiger partial charge on any atom is -0.465 e. The Morgan fingerprint density at radius 2 is 2.00 bits per heavy atom. The van der Waals surface area contributed by atoms with Crippen LogP contribution in [-0.4, -0.2) is 41.1 Å². The quantitative estimate of drug-likeness (QED) is 0.669. The highest BCUT2D eigenvalue weighted by atomic mass is 16.4. The van der Waals surface area contributed by atoms with Crippen molar-refractivity contribution in [2.24, 2.45) is 5.92 Å². The van der Waals surface area contributed by atoms with Crippen LogP contribution in [0.5, 0.6) is 0 Å². The molecule has 78 valence electrons. The molecule has 14 heavy (non-hydrogen) atoms. The van der Waals surface area contributed by atoms with E-state index in [4.69, 9.17) is 5.11 Å². The number of carboxylic acid groups (broad SMARTS) is 1. The van der Waals surface area contributed by atoms with E-state index in [-0.39, 0.29) is 11.8 Å². The van der Waals surface area contributed by atoms with E-state index in [1.165, 1.54) is 4.90 Å². The van der Waals surface area contributed by atoms with Crippen LogP contribution < -0.4 is 5.32 Å². The summed E-state index contributed by atoms with van der Waals surface area (Å²) in [4.78, 5) is 23.4. The van der Waals surface area contributed by atoms with Crippen LogP contribution in [0.2, 0.25) is 0 Å². The van der Waals surface area contributed by atoms with Crippen LogP contribution in [0, 0.1) is 5.92 Å². The molecule has 5 heteroatoms. The lowest BCUT2D eigenvalue weighted by atomic mass is 10.1. The van der Waals surface area contributed by atoms with Crippen molar-refractivity contribution >= 4 is 12.0 Å². The SMILES string of the molecule is O=C(NC1CC1)C1CCN(C(=O)O)C1. The minimum atomic E-state index is -0.924. The van der Waals surface area contributed by atoms with Crippen molar-refractivity contribution in [2.45, 2.75) is 25.3 Å². The Bertz CT molecular complexity index is 263. The summed E-state index contributed by atoms with van der Waals surface area (Å²) < 4.78 is 0. The van der Waals surface area contributed by atoms with E-state index < -0.39 is 6.09 Å². The van der Waals surface area contributed by atoms with Gasteiger partial charge in [-0.05, 0) is 19.3 Å². The monoisotopic (exact) mass is 198 g/mol. The van der Waals surface area contributed by atoms with Crippen molar-refractivity contribution < 1.29 is 14.7 Å². The molecule has 2 N–H and O–H groups in total. The maximum Gasteiger partial charge on any atom is 0.407 e. The van der Waals surface area contributed by atoms with Crippen LogP contribution in [0.25, 0.3) is 0 Å². The van der Waals surface area contributed by atoms with Gasteiger partial charge in [-0.15, -0.1) is 0 Å². The largest absolute Gasteiger partial charge is 0.465 e. The summed E-state index contributed by atoms with van der Waals surface area (Å²) >= 11 is 0. The molecule has 5 nitrogen and oxygen atoms in total. The van der Waals surface area contributed by atoms with Crippen molar-refractivity contribution in [1.29, 1.82) is 0 Å². The second kappa shape index (κ2) is 3.48. The van der Waals surface area contributed by atoms with Gasteiger partial charge in [0.2, 0.25) is 5.91 Å². The number of hydrogen-bond acceptors (Lipinski definition) is 2. The molecule has 1 saturated carbocycles. The molecule has 0 aromatic carbocycles. The van der Waals surface area contributed by atoms with Gasteiger partial charge in [-0.3, -0.25) is 4.79 Å². The number of nitrogens with zero attached hydrogens (tertiary/aromatic N) is 1. The maximum atomic E-state index is 11.5. The molecule has 0 aromatic heterocycles. The van der Waals surface area contributed by atoms with Crippen LogP contribution in [0.1, 0.15) is 19.3 Å². The average Bonchev–Trinajstić information content (AvgIpc) is 2.81. The molecule has 2 rings (SSSR count). The summed E-state index contributed by atoms with van der Waals surface area (Å²) in [7, 11) is 0. The first-order valence-electron chi connectivity index (χ1n) is 4.95. The van der Waals surface area contributed by atoms with Crippen LogP contribution >= 0.6 is 0 Å². The Morgan fingerprint density at radius 1 is 1.29 bits per heavy atom. The van der Waals surface area contributed by atoms with Crippen LogP contribution in [0.3, 0.4) is 0 Å². The fraction of sp³-hybridized carbons (Fsp3) is 0.778. The minimum absolute atomic E-state index is 0.0243. The van der Waals surface area contributed by atoms with Gasteiger partial charge in [0.25, 0.3) is 0 Å². The molecule has 2 fully saturated rings. The normalized spacial score (nSPS) is 26.3. The summed E-state index contributed by atoms with van der Waals surface area (Å²) in [5.74, 6) is -0.108. The lowest BCUT2D eigenvalue weighted by Crippen LogP contribution is -2.35. The van der Waals surface area contributed by atoms with Crippen molar-refractivity contribution in [3.63, 3.8) is 0 Å². The number of amides is 2. The van der Waals surface area contributed by atoms with E-state index in [1.807, 2.05) is 0 Å². The molecule has 1 saturated heterocycles. The highest BCUT2D eigenvalue weighted by Gasteiger charge is 2.33. The van der Waals surface area contributed by atoms with E-state index in [0.29, 0.717) is 25.6 Å². The van der Waals surface area contributed by atoms with Gasteiger partial charge in [0.15, 0.2) is 0 Å². The Hall–Kier alpha value is -1.26. The Morgan fingerprint density at radius 3 is 2.50 bits per heavy atom. The zero-order valence-corrected chi connectivity index (χ0v) is 7.90. The number of likely N-dealkylation sites (tertiary alicyclic amines) is 1. The summed E-state index contributed by atoms with van der Waals surface area (Å²) in [5, 5.41) is 11.6. The van der Waals surface area contributed by atoms with E-state index >= 15 is 0 Å². The predicted octanol–water partition coefficient (Wildman–Crippen LogP) is 0.265. The molecule has 1 unspecified atom stereocenters. The van der Waals surface area contributed by atoms with Gasteiger partial charge in [0.1, 0.15) is 0 Å². The molecule has 1 aliphatic heterocycles. The van der Waals surface area contributed by atoms with Crippen LogP contribution in [-0.2, 0) is 4.79 Å². The second-order valence-electron chi connectivity index (χ2n) is 4.00. The number of rotatable bonds is 2. The molecule has 0 spiro atoms. The van der Waals surface area contributed by atoms with E-state index in [0.717, 1.165) is 12.8 Å². The molecule has 1 aliphatic carbocycles. The van der Waals surface area contributed by atoms with Crippen molar-refractivity contribution in [3.8, 4) is 0 Å². The van der Waals surface area contributed by atoms with Gasteiger partial charge in [0.05, 0.1) is 5.92 Å². The first kappa shape index (κ1) is 9.30. The zero-order valence-electron chi connectivity index (χ0n) is 7.90. The summed E-state index contributed by atoms with van der Waals surface area (Å²) in [6.45, 7) is 0.839. The molecule has 2 aliphatic rings. The molecule has 1 atom stereocenters. The molecule has 1 heterocycles. The van der Waals surface area contributed by atoms with E-state index in [1.54, 1.807) is 0 Å². The number of carbonyl (C=O) groups excluding carboxylic acids is 1. The fourth-order valence-electron chi connectivity index (χ4n) is 1.69. The number of nitrogens with one attached hydrogen (secondary N) is 1. The Kier molecular flexibility index (Phi) is 2.31. The van der Waals surface area contributed by atoms with Crippen LogP contribution in [0.15, 0.2) is 0 Å². The molecular formula is C9H14N2O3. The van der Waals surface area contributed by atoms with Crippen molar-refractivity contribution in [3.05, 3.63) is 0 Å². The van der Waals surface area contributed by atoms with Gasteiger partial charge in [-0.1, -0.05) is 0 Å². The molecule has 0 aromatic rings. The first-order chi connectivity index (χ1) is 6.66. The van der Waals surface area contributed by atoms with Gasteiger partial charge in [0, 0.05) is 19.1 Å². The lowest BCUT2D eigenvalue weighted by molar-refractivity contribution is -0.124. The molecule has 0 radical (unpaired) electrons. The third-order valence-electron chi connectivity index (χ3n) is 2.75. The van der Waals surface area contributed by atoms with Gasteiger partial charge in [-0.2, -0.15) is 0 Å². The fourth-order valence-corrected chi connectivity index (χ4v) is 1.69. The zero-order chi connectivity index (χ0) is 10.1. The number of carbonyl (C=O) groups is 2. The highest BCUT2D eigenvalue weighted by Crippen LogP contribution is 2.22. The first-order valence-corrected chi connectivity index (χ1v) is 4.95. The second-order valence-corrected chi connectivity index (χ2v) is 4.00. The smallest absolute Gasteiger partial charge is 0.407 e. The maximum absolute atomic E-state index is 11.5. The molecule has 2 amide bonds. The average molecular weight is 198 g/mol. The molecule has 0 bridgehead atoms. The summed E-state index contributed by atoms with van der Waals surface area (Å²) in [5.41, 5.74) is 0. The van der Waals surface area contributed by atoms with Gasteiger partial charge >= 0.3 is 6.09 Å². The Balaban J connectivity index is 1.81. The third-order valence-corrected chi connectivity index (χ3v) is 2.75. The van der Waals surface area contributed by atoms with E-state index in [9.17, 15) is 9.59 Å². The lowest BCUT2D eigenvalue weighted by Gasteiger charge is -2.12. The highest BCUT2D eigenvalue weighted by molar-refractivity contribution is 5.80. The predicted molar refractivity (Wildman–Crippen MR) is 48.9 cm³/mol. The standard InChI is InChI=1S/C9H14N2O3/c12-8(10-7-1-2-7)6-3-4-11(5-6)9(13)14/h6-7H,1-5H2,(H,10,12)(H,13,14). The van der Waals surface area contributed by atoms with Crippen molar-refractivity contribution in [2.75, 3.05) is 13.1 Å². The van der Waals surface area contributed by atoms with Crippen molar-refractivity contribution in [1.82, 2.24) is 10.2 Å². The van der Waals surface area contributed by atoms with Gasteiger partial charge in [-0.25, -0.2) is 4.79 Å². The third kappa shape index (κ3) is 1.97. The Labute approximate surface area is 82.1 Å². The van der Waals surface area contributed by atoms with Gasteiger partial charge < -0.3 is 15.3 Å². The molecular weight excluding hydrogens is 184 g/mol. The topological polar surface area (TPSA) is 69.6 Å². The van der Waals surface area contributed by atoms with E-state index in [2.05, 4.69) is 5.32 Å². The number of hydrogen-bond donors (Lipinski definition) is 2. The van der Waals surface area contributed by atoms with Crippen LogP contribution in [0.4, 0.5) is 4.79 Å². The summed E-state index contributed by atoms with van der Waals surface area (Å²) in [6.07, 6.45) is 1.87. The summed E-state index contributed by atoms with van der Waals surface area (Å²) in [6, 6.07) is 0.362.